The summed E-state index contributed by atoms with van der Waals surface area (Å²) < 4.78 is 0. The van der Waals surface area contributed by atoms with Crippen molar-refractivity contribution in [3.05, 3.63) is 0 Å². The van der Waals surface area contributed by atoms with E-state index in [2.05, 4.69) is 5.73 Å². The lowest BCUT2D eigenvalue weighted by molar-refractivity contribution is -0.131. The molecule has 0 bridgehead atoms. The minimum atomic E-state index is -0.963. The Morgan fingerprint density at radius 3 is 2.00 bits per heavy atom. The van der Waals surface area contributed by atoms with Crippen molar-refractivity contribution in [1.29, 1.82) is 0 Å². The summed E-state index contributed by atoms with van der Waals surface area (Å²) in [6.07, 6.45) is 0. The average Bonchev–Trinajstić information content (AvgIpc) is 1.64. The van der Waals surface area contributed by atoms with Crippen LogP contribution in [-0.2, 0) is 9.59 Å². The SMILES string of the molecule is C[C@H](C([NH])=O)C(N)=O. The van der Waals surface area contributed by atoms with Gasteiger partial charge >= 0.3 is 0 Å². The highest BCUT2D eigenvalue weighted by molar-refractivity contribution is 5.97. The van der Waals surface area contributed by atoms with Crippen LogP contribution in [0.4, 0.5) is 0 Å². The van der Waals surface area contributed by atoms with E-state index in [9.17, 15) is 9.59 Å². The number of rotatable bonds is 2. The van der Waals surface area contributed by atoms with Gasteiger partial charge in [0.15, 0.2) is 0 Å². The van der Waals surface area contributed by atoms with Gasteiger partial charge in [-0.15, -0.1) is 0 Å². The molecule has 0 aromatic rings. The predicted molar refractivity (Wildman–Crippen MR) is 26.5 cm³/mol. The fourth-order valence-electron chi connectivity index (χ4n) is 0.129. The van der Waals surface area contributed by atoms with Crippen molar-refractivity contribution in [2.45, 2.75) is 6.92 Å². The topological polar surface area (TPSA) is 84.0 Å². The third-order valence-corrected chi connectivity index (χ3v) is 0.820. The molecule has 4 heteroatoms. The molecule has 1 atom stereocenters. The van der Waals surface area contributed by atoms with Crippen LogP contribution in [0, 0.1) is 5.92 Å². The van der Waals surface area contributed by atoms with Gasteiger partial charge in [0.2, 0.25) is 5.91 Å². The van der Waals surface area contributed by atoms with Gasteiger partial charge in [-0.05, 0) is 6.92 Å². The van der Waals surface area contributed by atoms with E-state index in [0.717, 1.165) is 0 Å². The van der Waals surface area contributed by atoms with Crippen molar-refractivity contribution in [2.24, 2.45) is 11.7 Å². The van der Waals surface area contributed by atoms with E-state index in [1.54, 1.807) is 0 Å². The molecule has 0 saturated carbocycles. The Kier molecular flexibility index (Phi) is 1.99. The Bertz CT molecular complexity index is 107. The Morgan fingerprint density at radius 1 is 1.62 bits per heavy atom. The van der Waals surface area contributed by atoms with Crippen molar-refractivity contribution in [2.75, 3.05) is 0 Å². The van der Waals surface area contributed by atoms with E-state index in [4.69, 9.17) is 5.73 Å². The third-order valence-electron chi connectivity index (χ3n) is 0.820. The molecule has 0 spiro atoms. The van der Waals surface area contributed by atoms with E-state index in [1.165, 1.54) is 6.92 Å². The molecule has 8 heavy (non-hydrogen) atoms. The van der Waals surface area contributed by atoms with Crippen LogP contribution in [0.3, 0.4) is 0 Å². The van der Waals surface area contributed by atoms with Crippen molar-refractivity contribution in [3.63, 3.8) is 0 Å². The van der Waals surface area contributed by atoms with Gasteiger partial charge in [0, 0.05) is 0 Å². The molecule has 0 saturated heterocycles. The summed E-state index contributed by atoms with van der Waals surface area (Å²) in [5.74, 6) is -2.64. The molecule has 3 N–H and O–H groups in total. The zero-order valence-electron chi connectivity index (χ0n) is 4.47. The maximum atomic E-state index is 10.0. The molecule has 0 rings (SSSR count). The van der Waals surface area contributed by atoms with E-state index >= 15 is 0 Å². The second-order valence-corrected chi connectivity index (χ2v) is 1.49. The van der Waals surface area contributed by atoms with Gasteiger partial charge in [-0.1, -0.05) is 0 Å². The molecule has 0 heterocycles. The molecular weight excluding hydrogens is 108 g/mol. The van der Waals surface area contributed by atoms with Gasteiger partial charge in [-0.3, -0.25) is 15.3 Å². The zero-order valence-corrected chi connectivity index (χ0v) is 4.47. The Morgan fingerprint density at radius 2 is 2.00 bits per heavy atom. The Hall–Kier alpha value is -1.06. The van der Waals surface area contributed by atoms with Crippen molar-refractivity contribution in [3.8, 4) is 0 Å². The fourth-order valence-corrected chi connectivity index (χ4v) is 0.129. The summed E-state index contributed by atoms with van der Waals surface area (Å²) in [6.45, 7) is 1.30. The number of hydrogen-bond acceptors (Lipinski definition) is 2. The minimum absolute atomic E-state index is 0.745. The largest absolute Gasteiger partial charge is 0.369 e. The minimum Gasteiger partial charge on any atom is -0.369 e. The monoisotopic (exact) mass is 115 g/mol. The number of nitrogens with two attached hydrogens (primary N) is 1. The summed E-state index contributed by atoms with van der Waals surface area (Å²) >= 11 is 0. The average molecular weight is 115 g/mol. The number of carbonyl (C=O) groups is 2. The van der Waals surface area contributed by atoms with Crippen molar-refractivity contribution >= 4 is 11.8 Å². The normalized spacial score (nSPS) is 9.25. The summed E-state index contributed by atoms with van der Waals surface area (Å²) in [5.41, 5.74) is 11.0. The first-order valence-electron chi connectivity index (χ1n) is 2.10. The third kappa shape index (κ3) is 1.59. The van der Waals surface area contributed by atoms with Crippen LogP contribution in [0.2, 0.25) is 0 Å². The number of primary amides is 1. The molecule has 0 aliphatic carbocycles. The quantitative estimate of drug-likeness (QED) is 0.464. The molecule has 0 aliphatic heterocycles. The summed E-state index contributed by atoms with van der Waals surface area (Å²) in [6, 6.07) is 0. The van der Waals surface area contributed by atoms with Gasteiger partial charge in [-0.2, -0.15) is 0 Å². The Labute approximate surface area is 46.8 Å². The van der Waals surface area contributed by atoms with Crippen LogP contribution in [0.5, 0.6) is 0 Å². The van der Waals surface area contributed by atoms with Crippen molar-refractivity contribution < 1.29 is 9.59 Å². The van der Waals surface area contributed by atoms with Gasteiger partial charge in [0.05, 0.1) is 0 Å². The second-order valence-electron chi connectivity index (χ2n) is 1.49. The predicted octanol–water partition coefficient (Wildman–Crippen LogP) is -1.08. The Balaban J connectivity index is 3.83. The smallest absolute Gasteiger partial charge is 0.250 e. The highest BCUT2D eigenvalue weighted by Crippen LogP contribution is 1.89. The lowest BCUT2D eigenvalue weighted by atomic mass is 10.2. The number of amides is 2. The highest BCUT2D eigenvalue weighted by Gasteiger charge is 2.14. The van der Waals surface area contributed by atoms with E-state index in [-0.39, 0.29) is 0 Å². The maximum Gasteiger partial charge on any atom is 0.250 e. The standard InChI is InChI=1S/C4H7N2O2/c1-2(3(5)7)4(6)8/h2,5H,1H3,(H2,6,8)/t2-/m1/s1. The molecule has 0 aromatic heterocycles. The van der Waals surface area contributed by atoms with Gasteiger partial charge in [-0.25, -0.2) is 0 Å². The number of carbonyl (C=O) groups excluding carboxylic acids is 2. The van der Waals surface area contributed by atoms with Crippen LogP contribution in [-0.4, -0.2) is 11.8 Å². The van der Waals surface area contributed by atoms with Gasteiger partial charge < -0.3 is 5.73 Å². The molecule has 0 unspecified atom stereocenters. The lowest BCUT2D eigenvalue weighted by Gasteiger charge is -1.96. The maximum absolute atomic E-state index is 10.0. The molecule has 0 fully saturated rings. The van der Waals surface area contributed by atoms with Crippen LogP contribution < -0.4 is 11.5 Å². The van der Waals surface area contributed by atoms with Crippen molar-refractivity contribution in [1.82, 2.24) is 5.73 Å². The van der Waals surface area contributed by atoms with Gasteiger partial charge in [0.1, 0.15) is 5.92 Å². The van der Waals surface area contributed by atoms with E-state index in [1.807, 2.05) is 0 Å². The molecule has 1 radical (unpaired) electrons. The molecule has 2 amide bonds. The highest BCUT2D eigenvalue weighted by atomic mass is 16.2. The fraction of sp³-hybridized carbons (Fsp3) is 0.500. The molecular formula is C4H7N2O2. The molecule has 4 nitrogen and oxygen atoms in total. The van der Waals surface area contributed by atoms with E-state index in [0.29, 0.717) is 0 Å². The first-order chi connectivity index (χ1) is 3.55. The lowest BCUT2D eigenvalue weighted by Crippen LogP contribution is -2.28. The summed E-state index contributed by atoms with van der Waals surface area (Å²) in [5, 5.41) is 0. The van der Waals surface area contributed by atoms with Crippen LogP contribution in [0.25, 0.3) is 0 Å². The van der Waals surface area contributed by atoms with E-state index < -0.39 is 17.7 Å². The number of hydrogen-bond donors (Lipinski definition) is 1. The first-order valence-corrected chi connectivity index (χ1v) is 2.10. The van der Waals surface area contributed by atoms with Gasteiger partial charge in [0.25, 0.3) is 5.91 Å². The summed E-state index contributed by atoms with van der Waals surface area (Å²) in [4.78, 5) is 20.0. The summed E-state index contributed by atoms with van der Waals surface area (Å²) in [7, 11) is 0. The van der Waals surface area contributed by atoms with Crippen LogP contribution in [0.15, 0.2) is 0 Å². The number of nitrogens with one attached hydrogen (secondary N) is 1. The molecule has 45 valence electrons. The second kappa shape index (κ2) is 2.30. The first kappa shape index (κ1) is 6.94. The molecule has 0 aromatic carbocycles. The van der Waals surface area contributed by atoms with Crippen LogP contribution >= 0.6 is 0 Å². The zero-order chi connectivity index (χ0) is 6.73. The molecule has 0 aliphatic rings. The van der Waals surface area contributed by atoms with Crippen LogP contribution in [0.1, 0.15) is 6.92 Å².